The number of anilines is 1. The van der Waals surface area contributed by atoms with Gasteiger partial charge in [0, 0.05) is 36.4 Å². The molecular formula is C22H24N6O. The van der Waals surface area contributed by atoms with Crippen molar-refractivity contribution < 1.29 is 5.11 Å². The number of hydrogen-bond acceptors (Lipinski definition) is 5. The Morgan fingerprint density at radius 2 is 2.14 bits per heavy atom. The lowest BCUT2D eigenvalue weighted by atomic mass is 9.83. The van der Waals surface area contributed by atoms with Crippen molar-refractivity contribution in [2.45, 2.75) is 44.2 Å². The third-order valence-corrected chi connectivity index (χ3v) is 5.61. The van der Waals surface area contributed by atoms with Gasteiger partial charge in [-0.3, -0.25) is 4.40 Å². The van der Waals surface area contributed by atoms with E-state index in [2.05, 4.69) is 37.0 Å². The molecule has 4 heterocycles. The lowest BCUT2D eigenvalue weighted by Gasteiger charge is -2.34. The van der Waals surface area contributed by atoms with Gasteiger partial charge in [-0.15, -0.1) is 0 Å². The Morgan fingerprint density at radius 1 is 1.21 bits per heavy atom. The van der Waals surface area contributed by atoms with Crippen molar-refractivity contribution in [3.05, 3.63) is 61.3 Å². The Bertz CT molecular complexity index is 1130. The van der Waals surface area contributed by atoms with Crippen LogP contribution >= 0.6 is 0 Å². The van der Waals surface area contributed by atoms with Gasteiger partial charge in [-0.2, -0.15) is 5.10 Å². The zero-order valence-corrected chi connectivity index (χ0v) is 16.4. The molecule has 0 aromatic carbocycles. The van der Waals surface area contributed by atoms with Gasteiger partial charge in [0.2, 0.25) is 0 Å². The maximum absolute atomic E-state index is 10.4. The van der Waals surface area contributed by atoms with Crippen LogP contribution < -0.4 is 5.32 Å². The first-order valence-electron chi connectivity index (χ1n) is 10.00. The van der Waals surface area contributed by atoms with Crippen molar-refractivity contribution in [3.63, 3.8) is 0 Å². The summed E-state index contributed by atoms with van der Waals surface area (Å²) in [7, 11) is 0. The molecule has 4 aromatic rings. The standard InChI is InChI=1S/C22H24N6O/c1-22(29)8-2-4-17(13-22)26-18-5-6-20-24-14-19(27(20)15-18)16-7-10-23-21(12-16)28-11-3-9-25-28/h3,5-7,9-12,14-15,17,26,29H,2,4,8,13H2,1H3/t17-,22-/m0/s1. The second kappa shape index (κ2) is 7.00. The van der Waals surface area contributed by atoms with Crippen molar-refractivity contribution in [3.8, 4) is 17.1 Å². The SMILES string of the molecule is C[C@]1(O)CCC[C@H](Nc2ccc3ncc(-c4ccnc(-n5cccn5)c4)n3c2)C1. The molecule has 0 radical (unpaired) electrons. The van der Waals surface area contributed by atoms with Crippen LogP contribution in [0.25, 0.3) is 22.7 Å². The number of aromatic nitrogens is 5. The molecule has 0 aliphatic heterocycles. The molecule has 5 rings (SSSR count). The molecule has 29 heavy (non-hydrogen) atoms. The normalized spacial score (nSPS) is 22.1. The number of aliphatic hydroxyl groups is 1. The summed E-state index contributed by atoms with van der Waals surface area (Å²) < 4.78 is 3.83. The molecule has 7 nitrogen and oxygen atoms in total. The first-order valence-corrected chi connectivity index (χ1v) is 10.00. The fourth-order valence-electron chi connectivity index (χ4n) is 4.21. The quantitative estimate of drug-likeness (QED) is 0.557. The molecule has 1 saturated carbocycles. The lowest BCUT2D eigenvalue weighted by Crippen LogP contribution is -2.38. The molecule has 1 aliphatic rings. The summed E-state index contributed by atoms with van der Waals surface area (Å²) in [4.78, 5) is 8.97. The highest BCUT2D eigenvalue weighted by molar-refractivity contribution is 5.66. The van der Waals surface area contributed by atoms with Gasteiger partial charge in [-0.1, -0.05) is 0 Å². The van der Waals surface area contributed by atoms with E-state index in [1.54, 1.807) is 17.1 Å². The van der Waals surface area contributed by atoms with E-state index in [4.69, 9.17) is 0 Å². The largest absolute Gasteiger partial charge is 0.390 e. The lowest BCUT2D eigenvalue weighted by molar-refractivity contribution is 0.0182. The van der Waals surface area contributed by atoms with Crippen LogP contribution in [0.3, 0.4) is 0 Å². The summed E-state index contributed by atoms with van der Waals surface area (Å²) in [6, 6.07) is 10.2. The Kier molecular flexibility index (Phi) is 4.32. The second-order valence-corrected chi connectivity index (χ2v) is 8.08. The number of nitrogens with zero attached hydrogens (tertiary/aromatic N) is 5. The van der Waals surface area contributed by atoms with E-state index in [-0.39, 0.29) is 6.04 Å². The summed E-state index contributed by atoms with van der Waals surface area (Å²) in [6.45, 7) is 1.93. The van der Waals surface area contributed by atoms with E-state index in [1.165, 1.54) is 0 Å². The summed E-state index contributed by atoms with van der Waals surface area (Å²) in [5.41, 5.74) is 3.35. The number of hydrogen-bond donors (Lipinski definition) is 2. The van der Waals surface area contributed by atoms with Crippen LogP contribution in [0.1, 0.15) is 32.6 Å². The van der Waals surface area contributed by atoms with Gasteiger partial charge in [0.15, 0.2) is 5.82 Å². The highest BCUT2D eigenvalue weighted by Gasteiger charge is 2.29. The number of fused-ring (bicyclic) bond motifs is 1. The van der Waals surface area contributed by atoms with Gasteiger partial charge >= 0.3 is 0 Å². The van der Waals surface area contributed by atoms with Crippen LogP contribution in [0.2, 0.25) is 0 Å². The van der Waals surface area contributed by atoms with Crippen LogP contribution in [0, 0.1) is 0 Å². The summed E-state index contributed by atoms with van der Waals surface area (Å²) in [5.74, 6) is 0.765. The fraction of sp³-hybridized carbons (Fsp3) is 0.318. The fourth-order valence-corrected chi connectivity index (χ4v) is 4.21. The maximum atomic E-state index is 10.4. The van der Waals surface area contributed by atoms with Gasteiger partial charge in [0.1, 0.15) is 5.65 Å². The zero-order chi connectivity index (χ0) is 19.8. The third kappa shape index (κ3) is 3.61. The van der Waals surface area contributed by atoms with Crippen molar-refractivity contribution in [1.82, 2.24) is 24.1 Å². The molecule has 0 amide bonds. The smallest absolute Gasteiger partial charge is 0.153 e. The highest BCUT2D eigenvalue weighted by Crippen LogP contribution is 2.30. The van der Waals surface area contributed by atoms with Crippen LogP contribution in [0.15, 0.2) is 61.3 Å². The molecule has 1 aliphatic carbocycles. The van der Waals surface area contributed by atoms with Crippen LogP contribution in [-0.2, 0) is 0 Å². The first-order chi connectivity index (χ1) is 14.1. The summed E-state index contributed by atoms with van der Waals surface area (Å²) in [5, 5.41) is 18.2. The predicted octanol–water partition coefficient (Wildman–Crippen LogP) is 3.69. The number of rotatable bonds is 4. The van der Waals surface area contributed by atoms with Crippen molar-refractivity contribution in [1.29, 1.82) is 0 Å². The molecule has 0 saturated heterocycles. The van der Waals surface area contributed by atoms with Gasteiger partial charge in [-0.05, 0) is 62.9 Å². The molecule has 1 fully saturated rings. The van der Waals surface area contributed by atoms with Gasteiger partial charge in [-0.25, -0.2) is 14.6 Å². The van der Waals surface area contributed by atoms with Crippen LogP contribution in [-0.4, -0.2) is 40.9 Å². The van der Waals surface area contributed by atoms with E-state index in [9.17, 15) is 5.11 Å². The minimum atomic E-state index is -0.583. The van der Waals surface area contributed by atoms with E-state index in [1.807, 2.05) is 43.6 Å². The molecule has 4 aromatic heterocycles. The summed E-state index contributed by atoms with van der Waals surface area (Å²) in [6.07, 6.45) is 13.1. The van der Waals surface area contributed by atoms with Gasteiger partial charge < -0.3 is 10.4 Å². The first kappa shape index (κ1) is 17.9. The van der Waals surface area contributed by atoms with E-state index < -0.39 is 5.60 Å². The van der Waals surface area contributed by atoms with Crippen LogP contribution in [0.5, 0.6) is 0 Å². The Balaban J connectivity index is 1.47. The zero-order valence-electron chi connectivity index (χ0n) is 16.4. The predicted molar refractivity (Wildman–Crippen MR) is 112 cm³/mol. The monoisotopic (exact) mass is 388 g/mol. The number of pyridine rings is 2. The topological polar surface area (TPSA) is 80.3 Å². The number of imidazole rings is 1. The van der Waals surface area contributed by atoms with Crippen LogP contribution in [0.4, 0.5) is 5.69 Å². The van der Waals surface area contributed by atoms with Gasteiger partial charge in [0.25, 0.3) is 0 Å². The van der Waals surface area contributed by atoms with Crippen molar-refractivity contribution in [2.75, 3.05) is 5.32 Å². The molecule has 2 N–H and O–H groups in total. The summed E-state index contributed by atoms with van der Waals surface area (Å²) >= 11 is 0. The minimum absolute atomic E-state index is 0.274. The Hall–Kier alpha value is -3.19. The Morgan fingerprint density at radius 3 is 2.97 bits per heavy atom. The maximum Gasteiger partial charge on any atom is 0.153 e. The van der Waals surface area contributed by atoms with Gasteiger partial charge in [0.05, 0.1) is 23.2 Å². The molecule has 7 heteroatoms. The third-order valence-electron chi connectivity index (χ3n) is 5.61. The molecule has 2 atom stereocenters. The Labute approximate surface area is 169 Å². The molecule has 0 unspecified atom stereocenters. The highest BCUT2D eigenvalue weighted by atomic mass is 16.3. The van der Waals surface area contributed by atoms with Crippen molar-refractivity contribution >= 4 is 11.3 Å². The number of nitrogens with one attached hydrogen (secondary N) is 1. The second-order valence-electron chi connectivity index (χ2n) is 8.08. The van der Waals surface area contributed by atoms with E-state index >= 15 is 0 Å². The molecule has 0 bridgehead atoms. The average molecular weight is 388 g/mol. The van der Waals surface area contributed by atoms with Crippen molar-refractivity contribution in [2.24, 2.45) is 0 Å². The van der Waals surface area contributed by atoms with E-state index in [0.717, 1.165) is 54.1 Å². The minimum Gasteiger partial charge on any atom is -0.390 e. The van der Waals surface area contributed by atoms with E-state index in [0.29, 0.717) is 0 Å². The molecular weight excluding hydrogens is 364 g/mol. The average Bonchev–Trinajstić information content (AvgIpc) is 3.37. The molecule has 0 spiro atoms. The molecule has 148 valence electrons.